The Morgan fingerprint density at radius 1 is 1.26 bits per heavy atom. The highest BCUT2D eigenvalue weighted by Crippen LogP contribution is 2.35. The summed E-state index contributed by atoms with van der Waals surface area (Å²) < 4.78 is 5.19. The van der Waals surface area contributed by atoms with Crippen LogP contribution in [0.2, 0.25) is 0 Å². The van der Waals surface area contributed by atoms with E-state index in [0.29, 0.717) is 6.54 Å². The Hall–Kier alpha value is -1.22. The number of rotatable bonds is 5. The molecule has 3 N–H and O–H groups in total. The molecule has 0 atom stereocenters. The smallest absolute Gasteiger partial charge is 0.119 e. The lowest BCUT2D eigenvalue weighted by molar-refractivity contribution is 0.253. The molecule has 106 valence electrons. The van der Waals surface area contributed by atoms with Crippen LogP contribution >= 0.6 is 0 Å². The fraction of sp³-hybridized carbons (Fsp3) is 0.625. The van der Waals surface area contributed by atoms with E-state index in [-0.39, 0.29) is 5.54 Å². The highest BCUT2D eigenvalue weighted by atomic mass is 16.5. The lowest BCUT2D eigenvalue weighted by Gasteiger charge is -2.40. The van der Waals surface area contributed by atoms with Crippen LogP contribution in [0.4, 0.5) is 5.69 Å². The van der Waals surface area contributed by atoms with Crippen molar-refractivity contribution in [3.8, 4) is 5.75 Å². The molecule has 1 aromatic rings. The number of nitrogens with two attached hydrogens (primary N) is 1. The van der Waals surface area contributed by atoms with Gasteiger partial charge in [-0.2, -0.15) is 0 Å². The van der Waals surface area contributed by atoms with E-state index in [4.69, 9.17) is 10.5 Å². The number of anilines is 1. The zero-order chi connectivity index (χ0) is 13.7. The number of methoxy groups -OCH3 is 1. The van der Waals surface area contributed by atoms with Crippen LogP contribution in [0.5, 0.6) is 5.75 Å². The van der Waals surface area contributed by atoms with Gasteiger partial charge in [0.1, 0.15) is 5.75 Å². The van der Waals surface area contributed by atoms with E-state index < -0.39 is 0 Å². The quantitative estimate of drug-likeness (QED) is 0.855. The van der Waals surface area contributed by atoms with Crippen LogP contribution in [0.25, 0.3) is 0 Å². The number of nitrogens with one attached hydrogen (secondary N) is 1. The van der Waals surface area contributed by atoms with Crippen molar-refractivity contribution in [2.24, 2.45) is 11.7 Å². The second kappa shape index (κ2) is 6.29. The van der Waals surface area contributed by atoms with Gasteiger partial charge in [0.05, 0.1) is 7.11 Å². The molecule has 1 fully saturated rings. The van der Waals surface area contributed by atoms with Crippen molar-refractivity contribution >= 4 is 5.69 Å². The molecule has 3 heteroatoms. The zero-order valence-corrected chi connectivity index (χ0v) is 12.1. The van der Waals surface area contributed by atoms with E-state index in [9.17, 15) is 0 Å². The molecule has 0 amide bonds. The minimum atomic E-state index is 0.0836. The van der Waals surface area contributed by atoms with Crippen molar-refractivity contribution in [3.05, 3.63) is 24.3 Å². The molecule has 0 bridgehead atoms. The highest BCUT2D eigenvalue weighted by molar-refractivity contribution is 5.48. The molecule has 0 aliphatic heterocycles. The fourth-order valence-corrected chi connectivity index (χ4v) is 3.00. The van der Waals surface area contributed by atoms with Gasteiger partial charge >= 0.3 is 0 Å². The van der Waals surface area contributed by atoms with Gasteiger partial charge in [-0.15, -0.1) is 0 Å². The van der Waals surface area contributed by atoms with E-state index in [1.165, 1.54) is 32.1 Å². The SMILES string of the molecule is CCC1CCC(CN)(Nc2ccc(OC)cc2)CC1. The molecule has 0 spiro atoms. The normalized spacial score (nSPS) is 27.0. The molecule has 0 heterocycles. The van der Waals surface area contributed by atoms with Gasteiger partial charge in [0, 0.05) is 17.8 Å². The molecule has 2 rings (SSSR count). The predicted octanol–water partition coefficient (Wildman–Crippen LogP) is 3.40. The summed E-state index contributed by atoms with van der Waals surface area (Å²) in [4.78, 5) is 0. The van der Waals surface area contributed by atoms with E-state index in [2.05, 4.69) is 24.4 Å². The summed E-state index contributed by atoms with van der Waals surface area (Å²) in [5.41, 5.74) is 7.27. The van der Waals surface area contributed by atoms with Crippen LogP contribution in [0, 0.1) is 5.92 Å². The number of hydrogen-bond donors (Lipinski definition) is 2. The van der Waals surface area contributed by atoms with E-state index in [0.717, 1.165) is 17.4 Å². The van der Waals surface area contributed by atoms with Gasteiger partial charge in [0.25, 0.3) is 0 Å². The van der Waals surface area contributed by atoms with Crippen molar-refractivity contribution in [3.63, 3.8) is 0 Å². The van der Waals surface area contributed by atoms with Crippen molar-refractivity contribution in [2.75, 3.05) is 19.0 Å². The van der Waals surface area contributed by atoms with E-state index in [1.54, 1.807) is 7.11 Å². The van der Waals surface area contributed by atoms with Gasteiger partial charge in [-0.25, -0.2) is 0 Å². The Morgan fingerprint density at radius 2 is 1.89 bits per heavy atom. The van der Waals surface area contributed by atoms with Crippen molar-refractivity contribution in [2.45, 2.75) is 44.6 Å². The molecule has 1 saturated carbocycles. The summed E-state index contributed by atoms with van der Waals surface area (Å²) in [5, 5.41) is 3.66. The first-order valence-corrected chi connectivity index (χ1v) is 7.33. The van der Waals surface area contributed by atoms with Gasteiger partial charge in [-0.1, -0.05) is 13.3 Å². The van der Waals surface area contributed by atoms with Crippen molar-refractivity contribution in [1.29, 1.82) is 0 Å². The van der Waals surface area contributed by atoms with Crippen LogP contribution in [-0.2, 0) is 0 Å². The molecule has 1 aromatic carbocycles. The summed E-state index contributed by atoms with van der Waals surface area (Å²) >= 11 is 0. The Kier molecular flexibility index (Phi) is 4.70. The molecule has 0 saturated heterocycles. The van der Waals surface area contributed by atoms with Crippen LogP contribution in [-0.4, -0.2) is 19.2 Å². The van der Waals surface area contributed by atoms with Gasteiger partial charge in [0.15, 0.2) is 0 Å². The van der Waals surface area contributed by atoms with Crippen LogP contribution in [0.1, 0.15) is 39.0 Å². The molecule has 0 unspecified atom stereocenters. The molecular weight excluding hydrogens is 236 g/mol. The van der Waals surface area contributed by atoms with Crippen LogP contribution in [0.3, 0.4) is 0 Å². The first kappa shape index (κ1) is 14.2. The average molecular weight is 262 g/mol. The Balaban J connectivity index is 2.02. The van der Waals surface area contributed by atoms with Crippen molar-refractivity contribution in [1.82, 2.24) is 0 Å². The average Bonchev–Trinajstić information content (AvgIpc) is 2.49. The molecule has 0 radical (unpaired) electrons. The maximum atomic E-state index is 6.04. The van der Waals surface area contributed by atoms with Crippen LogP contribution < -0.4 is 15.8 Å². The predicted molar refractivity (Wildman–Crippen MR) is 80.7 cm³/mol. The number of hydrogen-bond acceptors (Lipinski definition) is 3. The minimum absolute atomic E-state index is 0.0836. The third-order valence-corrected chi connectivity index (χ3v) is 4.53. The van der Waals surface area contributed by atoms with Gasteiger partial charge in [0.2, 0.25) is 0 Å². The second-order valence-corrected chi connectivity index (χ2v) is 5.69. The monoisotopic (exact) mass is 262 g/mol. The summed E-state index contributed by atoms with van der Waals surface area (Å²) in [6.45, 7) is 2.99. The maximum Gasteiger partial charge on any atom is 0.119 e. The molecule has 1 aliphatic carbocycles. The third kappa shape index (κ3) is 3.41. The van der Waals surface area contributed by atoms with Gasteiger partial charge in [-0.05, 0) is 55.9 Å². The summed E-state index contributed by atoms with van der Waals surface area (Å²) in [6.07, 6.45) is 6.22. The molecule has 19 heavy (non-hydrogen) atoms. The van der Waals surface area contributed by atoms with Crippen LogP contribution in [0.15, 0.2) is 24.3 Å². The highest BCUT2D eigenvalue weighted by Gasteiger charge is 2.33. The largest absolute Gasteiger partial charge is 0.497 e. The van der Waals surface area contributed by atoms with Crippen molar-refractivity contribution < 1.29 is 4.74 Å². The molecule has 3 nitrogen and oxygen atoms in total. The Labute approximate surface area is 116 Å². The Bertz CT molecular complexity index is 380. The molecular formula is C16H26N2O. The number of benzene rings is 1. The molecule has 1 aliphatic rings. The minimum Gasteiger partial charge on any atom is -0.497 e. The zero-order valence-electron chi connectivity index (χ0n) is 12.1. The van der Waals surface area contributed by atoms with E-state index in [1.807, 2.05) is 12.1 Å². The topological polar surface area (TPSA) is 47.3 Å². The third-order valence-electron chi connectivity index (χ3n) is 4.53. The lowest BCUT2D eigenvalue weighted by atomic mass is 9.75. The van der Waals surface area contributed by atoms with Gasteiger partial charge < -0.3 is 15.8 Å². The first-order chi connectivity index (χ1) is 9.21. The van der Waals surface area contributed by atoms with Gasteiger partial charge in [-0.3, -0.25) is 0 Å². The number of ether oxygens (including phenoxy) is 1. The lowest BCUT2D eigenvalue weighted by Crippen LogP contribution is -2.48. The summed E-state index contributed by atoms with van der Waals surface area (Å²) in [5.74, 6) is 1.78. The molecule has 0 aromatic heterocycles. The Morgan fingerprint density at radius 3 is 2.37 bits per heavy atom. The summed E-state index contributed by atoms with van der Waals surface area (Å²) in [7, 11) is 1.69. The standard InChI is InChI=1S/C16H26N2O/c1-3-13-8-10-16(12-17,11-9-13)18-14-4-6-15(19-2)7-5-14/h4-7,13,18H,3,8-12,17H2,1-2H3. The van der Waals surface area contributed by atoms with E-state index >= 15 is 0 Å². The fourth-order valence-electron chi connectivity index (χ4n) is 3.00. The second-order valence-electron chi connectivity index (χ2n) is 5.69. The maximum absolute atomic E-state index is 6.04. The summed E-state index contributed by atoms with van der Waals surface area (Å²) in [6, 6.07) is 8.12. The first-order valence-electron chi connectivity index (χ1n) is 7.33.